The maximum absolute atomic E-state index is 6.20. The van der Waals surface area contributed by atoms with Crippen LogP contribution in [0.15, 0.2) is 16.6 Å². The molecule has 0 heterocycles. The van der Waals surface area contributed by atoms with E-state index in [1.807, 2.05) is 12.1 Å². The third-order valence-corrected chi connectivity index (χ3v) is 4.29. The van der Waals surface area contributed by atoms with Gasteiger partial charge in [-0.1, -0.05) is 66.8 Å². The molecule has 0 fully saturated rings. The summed E-state index contributed by atoms with van der Waals surface area (Å²) in [5.74, 6) is 1.86. The minimum Gasteiger partial charge on any atom is -0.382 e. The van der Waals surface area contributed by atoms with Crippen molar-refractivity contribution in [2.24, 2.45) is 17.8 Å². The van der Waals surface area contributed by atoms with E-state index in [1.54, 1.807) is 0 Å². The van der Waals surface area contributed by atoms with E-state index in [2.05, 4.69) is 48.9 Å². The fourth-order valence-electron chi connectivity index (χ4n) is 2.17. The summed E-state index contributed by atoms with van der Waals surface area (Å²) in [6, 6.07) is 3.71. The molecule has 0 aromatic heterocycles. The Hall–Kier alpha value is 0.0800. The Morgan fingerprint density at radius 2 is 1.50 bits per heavy atom. The summed E-state index contributed by atoms with van der Waals surface area (Å²) >= 11 is 15.8. The van der Waals surface area contributed by atoms with Gasteiger partial charge in [0.1, 0.15) is 0 Å². The minimum atomic E-state index is 0.598. The van der Waals surface area contributed by atoms with E-state index in [1.165, 1.54) is 0 Å². The predicted octanol–water partition coefficient (Wildman–Crippen LogP) is 6.10. The van der Waals surface area contributed by atoms with Crippen LogP contribution < -0.4 is 5.32 Å². The van der Waals surface area contributed by atoms with E-state index in [9.17, 15) is 0 Å². The van der Waals surface area contributed by atoms with Crippen molar-refractivity contribution in [3.05, 3.63) is 26.7 Å². The largest absolute Gasteiger partial charge is 0.382 e. The third kappa shape index (κ3) is 4.32. The van der Waals surface area contributed by atoms with E-state index >= 15 is 0 Å². The fraction of sp³-hybridized carbons (Fsp3) is 0.571. The molecule has 0 amide bonds. The zero-order chi connectivity index (χ0) is 13.9. The molecular formula is C14H20BrCl2N. The lowest BCUT2D eigenvalue weighted by Gasteiger charge is -2.26. The maximum Gasteiger partial charge on any atom is 0.0719 e. The van der Waals surface area contributed by atoms with Crippen molar-refractivity contribution in [1.29, 1.82) is 0 Å². The van der Waals surface area contributed by atoms with Crippen LogP contribution in [0.25, 0.3) is 0 Å². The first-order chi connectivity index (χ1) is 8.32. The van der Waals surface area contributed by atoms with Crippen molar-refractivity contribution in [1.82, 2.24) is 0 Å². The Morgan fingerprint density at radius 1 is 1.06 bits per heavy atom. The molecule has 1 aromatic rings. The van der Waals surface area contributed by atoms with Crippen LogP contribution in [-0.2, 0) is 0 Å². The molecule has 0 aliphatic rings. The lowest BCUT2D eigenvalue weighted by Crippen LogP contribution is -2.24. The van der Waals surface area contributed by atoms with Crippen LogP contribution in [0.4, 0.5) is 5.69 Å². The van der Waals surface area contributed by atoms with Gasteiger partial charge < -0.3 is 5.32 Å². The topological polar surface area (TPSA) is 12.0 Å². The van der Waals surface area contributed by atoms with Gasteiger partial charge in [-0.3, -0.25) is 0 Å². The van der Waals surface area contributed by atoms with Crippen molar-refractivity contribution in [2.75, 3.05) is 11.9 Å². The number of anilines is 1. The quantitative estimate of drug-likeness (QED) is 0.675. The van der Waals surface area contributed by atoms with E-state index in [0.29, 0.717) is 27.8 Å². The summed E-state index contributed by atoms with van der Waals surface area (Å²) < 4.78 is 0.896. The smallest absolute Gasteiger partial charge is 0.0719 e. The normalized spacial score (nSPS) is 11.7. The van der Waals surface area contributed by atoms with E-state index < -0.39 is 0 Å². The Labute approximate surface area is 128 Å². The van der Waals surface area contributed by atoms with Gasteiger partial charge in [0, 0.05) is 11.0 Å². The van der Waals surface area contributed by atoms with Crippen LogP contribution in [0.1, 0.15) is 27.7 Å². The Bertz CT molecular complexity index is 374. The molecule has 0 spiro atoms. The SMILES string of the molecule is CC(C)C(CNc1c(Cl)cc(Br)cc1Cl)C(C)C. The summed E-state index contributed by atoms with van der Waals surface area (Å²) in [7, 11) is 0. The average molecular weight is 353 g/mol. The molecule has 18 heavy (non-hydrogen) atoms. The third-order valence-electron chi connectivity index (χ3n) is 3.23. The molecule has 4 heteroatoms. The van der Waals surface area contributed by atoms with Gasteiger partial charge in [-0.05, 0) is 29.9 Å². The number of hydrogen-bond acceptors (Lipinski definition) is 1. The number of benzene rings is 1. The molecule has 0 atom stereocenters. The highest BCUT2D eigenvalue weighted by atomic mass is 79.9. The molecule has 0 bridgehead atoms. The molecule has 1 aromatic carbocycles. The second-order valence-corrected chi connectivity index (χ2v) is 7.01. The zero-order valence-electron chi connectivity index (χ0n) is 11.2. The maximum atomic E-state index is 6.20. The summed E-state index contributed by atoms with van der Waals surface area (Å²) in [5.41, 5.74) is 0.827. The van der Waals surface area contributed by atoms with Crippen molar-refractivity contribution in [3.63, 3.8) is 0 Å². The first-order valence-electron chi connectivity index (χ1n) is 6.21. The molecule has 0 aliphatic heterocycles. The highest BCUT2D eigenvalue weighted by molar-refractivity contribution is 9.10. The summed E-state index contributed by atoms with van der Waals surface area (Å²) in [6.07, 6.45) is 0. The highest BCUT2D eigenvalue weighted by Gasteiger charge is 2.18. The van der Waals surface area contributed by atoms with Gasteiger partial charge in [-0.2, -0.15) is 0 Å². The molecule has 0 saturated heterocycles. The Kier molecular flexibility index (Phi) is 6.29. The second kappa shape index (κ2) is 7.02. The van der Waals surface area contributed by atoms with Gasteiger partial charge in [-0.25, -0.2) is 0 Å². The van der Waals surface area contributed by atoms with Gasteiger partial charge in [0.2, 0.25) is 0 Å². The molecular weight excluding hydrogens is 333 g/mol. The first-order valence-corrected chi connectivity index (χ1v) is 7.76. The number of nitrogens with one attached hydrogen (secondary N) is 1. The average Bonchev–Trinajstić information content (AvgIpc) is 2.20. The molecule has 0 radical (unpaired) electrons. The summed E-state index contributed by atoms with van der Waals surface area (Å²) in [6.45, 7) is 9.87. The standard InChI is InChI=1S/C14H20BrCl2N/c1-8(2)11(9(3)4)7-18-14-12(16)5-10(15)6-13(14)17/h5-6,8-9,11,18H,7H2,1-4H3. The molecule has 0 unspecified atom stereocenters. The fourth-order valence-corrected chi connectivity index (χ4v) is 3.51. The molecule has 1 N–H and O–H groups in total. The van der Waals surface area contributed by atoms with Gasteiger partial charge in [0.25, 0.3) is 0 Å². The van der Waals surface area contributed by atoms with Gasteiger partial charge in [0.15, 0.2) is 0 Å². The van der Waals surface area contributed by atoms with E-state index in [-0.39, 0.29) is 0 Å². The van der Waals surface area contributed by atoms with Crippen LogP contribution in [0.2, 0.25) is 10.0 Å². The van der Waals surface area contributed by atoms with Crippen molar-refractivity contribution >= 4 is 44.8 Å². The molecule has 1 nitrogen and oxygen atoms in total. The summed E-state index contributed by atoms with van der Waals surface area (Å²) in [5, 5.41) is 4.69. The minimum absolute atomic E-state index is 0.598. The van der Waals surface area contributed by atoms with Crippen LogP contribution >= 0.6 is 39.1 Å². The highest BCUT2D eigenvalue weighted by Crippen LogP contribution is 2.34. The Morgan fingerprint density at radius 3 is 1.89 bits per heavy atom. The number of halogens is 3. The molecule has 102 valence electrons. The van der Waals surface area contributed by atoms with Gasteiger partial charge in [-0.15, -0.1) is 0 Å². The van der Waals surface area contributed by atoms with E-state index in [0.717, 1.165) is 16.7 Å². The lowest BCUT2D eigenvalue weighted by molar-refractivity contribution is 0.304. The number of rotatable bonds is 5. The molecule has 1 rings (SSSR count). The zero-order valence-corrected chi connectivity index (χ0v) is 14.3. The summed E-state index contributed by atoms with van der Waals surface area (Å²) in [4.78, 5) is 0. The predicted molar refractivity (Wildman–Crippen MR) is 85.8 cm³/mol. The lowest BCUT2D eigenvalue weighted by atomic mass is 9.85. The van der Waals surface area contributed by atoms with Crippen molar-refractivity contribution in [3.8, 4) is 0 Å². The van der Waals surface area contributed by atoms with Crippen LogP contribution in [-0.4, -0.2) is 6.54 Å². The monoisotopic (exact) mass is 351 g/mol. The Balaban J connectivity index is 2.80. The van der Waals surface area contributed by atoms with Crippen LogP contribution in [0.5, 0.6) is 0 Å². The van der Waals surface area contributed by atoms with Crippen molar-refractivity contribution < 1.29 is 0 Å². The van der Waals surface area contributed by atoms with Crippen molar-refractivity contribution in [2.45, 2.75) is 27.7 Å². The second-order valence-electron chi connectivity index (χ2n) is 5.28. The van der Waals surface area contributed by atoms with Crippen LogP contribution in [0.3, 0.4) is 0 Å². The van der Waals surface area contributed by atoms with Gasteiger partial charge >= 0.3 is 0 Å². The van der Waals surface area contributed by atoms with Crippen LogP contribution in [0, 0.1) is 17.8 Å². The van der Waals surface area contributed by atoms with E-state index in [4.69, 9.17) is 23.2 Å². The first kappa shape index (κ1) is 16.1. The van der Waals surface area contributed by atoms with Gasteiger partial charge in [0.05, 0.1) is 15.7 Å². The number of hydrogen-bond donors (Lipinski definition) is 1. The molecule has 0 saturated carbocycles. The molecule has 0 aliphatic carbocycles.